The lowest BCUT2D eigenvalue weighted by Crippen LogP contribution is -2.05. The fourth-order valence-electron chi connectivity index (χ4n) is 2.98. The summed E-state index contributed by atoms with van der Waals surface area (Å²) >= 11 is 0. The van der Waals surface area contributed by atoms with Crippen LogP contribution in [0.15, 0.2) is 55.2 Å². The van der Waals surface area contributed by atoms with Crippen LogP contribution in [-0.2, 0) is 6.18 Å². The smallest absolute Gasteiger partial charge is 0.416 e. The van der Waals surface area contributed by atoms with Crippen LogP contribution in [0.2, 0.25) is 0 Å². The third kappa shape index (κ3) is 3.49. The molecule has 0 radical (unpaired) electrons. The van der Waals surface area contributed by atoms with Gasteiger partial charge in [-0.3, -0.25) is 9.55 Å². The minimum atomic E-state index is -4.47. The molecule has 4 rings (SSSR count). The molecule has 0 aliphatic carbocycles. The van der Waals surface area contributed by atoms with Crippen LogP contribution in [0.1, 0.15) is 18.1 Å². The predicted octanol–water partition coefficient (Wildman–Crippen LogP) is 4.94. The number of halogens is 3. The zero-order chi connectivity index (χ0) is 21.5. The minimum Gasteiger partial charge on any atom is -0.480 e. The fourth-order valence-corrected chi connectivity index (χ4v) is 2.98. The van der Waals surface area contributed by atoms with Gasteiger partial charge in [0.05, 0.1) is 23.7 Å². The second kappa shape index (κ2) is 7.25. The van der Waals surface area contributed by atoms with E-state index in [0.29, 0.717) is 28.7 Å². The number of imidazole rings is 1. The fraction of sp³-hybridized carbons (Fsp3) is 0.143. The third-order valence-electron chi connectivity index (χ3n) is 4.53. The molecular weight excluding hydrogens is 395 g/mol. The number of benzene rings is 1. The van der Waals surface area contributed by atoms with Crippen LogP contribution in [-0.4, -0.2) is 31.8 Å². The second-order valence-corrected chi connectivity index (χ2v) is 6.62. The number of methoxy groups -OCH3 is 1. The molecule has 0 bridgehead atoms. The van der Waals surface area contributed by atoms with Crippen LogP contribution in [0.5, 0.6) is 5.88 Å². The topological polar surface area (TPSA) is 65.7 Å². The number of fused-ring (bicyclic) bond motifs is 1. The summed E-state index contributed by atoms with van der Waals surface area (Å²) in [6, 6.07) is 10.2. The Labute approximate surface area is 169 Å². The first-order valence-corrected chi connectivity index (χ1v) is 8.88. The van der Waals surface area contributed by atoms with Crippen molar-refractivity contribution in [3.8, 4) is 23.2 Å². The van der Waals surface area contributed by atoms with Gasteiger partial charge in [-0.25, -0.2) is 4.98 Å². The maximum atomic E-state index is 13.2. The van der Waals surface area contributed by atoms with E-state index >= 15 is 0 Å². The van der Waals surface area contributed by atoms with Crippen molar-refractivity contribution in [1.29, 1.82) is 0 Å². The highest BCUT2D eigenvalue weighted by Crippen LogP contribution is 2.34. The van der Waals surface area contributed by atoms with Gasteiger partial charge >= 0.3 is 6.18 Å². The molecule has 152 valence electrons. The number of rotatable bonds is 4. The summed E-state index contributed by atoms with van der Waals surface area (Å²) in [6.07, 6.45) is -2.83. The molecule has 6 nitrogen and oxygen atoms in total. The standard InChI is InChI=1S/C21H16F3N5O/c1-12(2)13-4-6-15(25-11-13)20-26-16-10-14(21(22,23)24)5-7-17(16)29(20)18-8-9-19(30-3)28-27-18/h4-11H,1H2,2-3H3. The summed E-state index contributed by atoms with van der Waals surface area (Å²) in [5.74, 6) is 1.03. The molecule has 0 aliphatic rings. The molecule has 0 amide bonds. The van der Waals surface area contributed by atoms with E-state index in [4.69, 9.17) is 4.74 Å². The number of nitrogens with zero attached hydrogens (tertiary/aromatic N) is 5. The molecule has 0 saturated heterocycles. The highest BCUT2D eigenvalue weighted by molar-refractivity contribution is 5.83. The van der Waals surface area contributed by atoms with Crippen LogP contribution in [0.25, 0.3) is 33.9 Å². The molecule has 30 heavy (non-hydrogen) atoms. The lowest BCUT2D eigenvalue weighted by atomic mass is 10.1. The van der Waals surface area contributed by atoms with Gasteiger partial charge in [0.15, 0.2) is 11.6 Å². The number of alkyl halides is 3. The average Bonchev–Trinajstić information content (AvgIpc) is 3.12. The van der Waals surface area contributed by atoms with Gasteiger partial charge < -0.3 is 4.74 Å². The van der Waals surface area contributed by atoms with Gasteiger partial charge in [0, 0.05) is 12.3 Å². The first kappa shape index (κ1) is 19.6. The third-order valence-corrected chi connectivity index (χ3v) is 4.53. The summed E-state index contributed by atoms with van der Waals surface area (Å²) < 4.78 is 46.2. The molecule has 0 spiro atoms. The first-order chi connectivity index (χ1) is 14.3. The molecular formula is C21H16F3N5O. The summed E-state index contributed by atoms with van der Waals surface area (Å²) in [5.41, 5.74) is 2.01. The van der Waals surface area contributed by atoms with Crippen molar-refractivity contribution < 1.29 is 17.9 Å². The molecule has 1 aromatic carbocycles. The Morgan fingerprint density at radius 3 is 2.43 bits per heavy atom. The molecule has 3 aromatic heterocycles. The number of pyridine rings is 1. The van der Waals surface area contributed by atoms with Crippen LogP contribution in [0.4, 0.5) is 13.2 Å². The zero-order valence-electron chi connectivity index (χ0n) is 16.1. The van der Waals surface area contributed by atoms with E-state index in [9.17, 15) is 13.2 Å². The first-order valence-electron chi connectivity index (χ1n) is 8.88. The molecule has 0 N–H and O–H groups in total. The Hall–Kier alpha value is -3.75. The number of allylic oxidation sites excluding steroid dienone is 1. The largest absolute Gasteiger partial charge is 0.480 e. The minimum absolute atomic E-state index is 0.170. The van der Waals surface area contributed by atoms with Crippen molar-refractivity contribution in [2.45, 2.75) is 13.1 Å². The molecule has 0 aliphatic heterocycles. The molecule has 0 atom stereocenters. The Morgan fingerprint density at radius 2 is 1.87 bits per heavy atom. The summed E-state index contributed by atoms with van der Waals surface area (Å²) in [4.78, 5) is 8.85. The summed E-state index contributed by atoms with van der Waals surface area (Å²) in [5, 5.41) is 8.09. The van der Waals surface area contributed by atoms with Crippen molar-refractivity contribution in [2.75, 3.05) is 7.11 Å². The Balaban J connectivity index is 1.95. The quantitative estimate of drug-likeness (QED) is 0.476. The van der Waals surface area contributed by atoms with E-state index in [1.54, 1.807) is 29.0 Å². The Morgan fingerprint density at radius 1 is 1.07 bits per heavy atom. The lowest BCUT2D eigenvalue weighted by Gasteiger charge is -2.09. The average molecular weight is 411 g/mol. The van der Waals surface area contributed by atoms with E-state index in [-0.39, 0.29) is 5.52 Å². The van der Waals surface area contributed by atoms with Crippen molar-refractivity contribution in [2.24, 2.45) is 0 Å². The van der Waals surface area contributed by atoms with Gasteiger partial charge in [0.1, 0.15) is 5.69 Å². The van der Waals surface area contributed by atoms with E-state index in [1.807, 2.05) is 13.0 Å². The number of ether oxygens (including phenoxy) is 1. The van der Waals surface area contributed by atoms with Gasteiger partial charge in [0.2, 0.25) is 5.88 Å². The Kier molecular flexibility index (Phi) is 4.73. The SMILES string of the molecule is C=C(C)c1ccc(-c2nc3cc(C(F)(F)F)ccc3n2-c2ccc(OC)nn2)nc1. The molecule has 0 fully saturated rings. The van der Waals surface area contributed by atoms with Gasteiger partial charge in [-0.15, -0.1) is 10.2 Å². The second-order valence-electron chi connectivity index (χ2n) is 6.62. The molecule has 0 saturated carbocycles. The zero-order valence-corrected chi connectivity index (χ0v) is 16.1. The van der Waals surface area contributed by atoms with E-state index in [0.717, 1.165) is 23.3 Å². The Bertz CT molecular complexity index is 1230. The van der Waals surface area contributed by atoms with Crippen molar-refractivity contribution in [1.82, 2.24) is 24.7 Å². The normalized spacial score (nSPS) is 11.6. The van der Waals surface area contributed by atoms with Crippen LogP contribution < -0.4 is 4.74 Å². The highest BCUT2D eigenvalue weighted by Gasteiger charge is 2.31. The molecule has 0 unspecified atom stereocenters. The van der Waals surface area contributed by atoms with Gasteiger partial charge in [-0.05, 0) is 48.4 Å². The molecule has 4 aromatic rings. The summed E-state index contributed by atoms with van der Waals surface area (Å²) in [7, 11) is 1.47. The van der Waals surface area contributed by atoms with E-state index < -0.39 is 11.7 Å². The highest BCUT2D eigenvalue weighted by atomic mass is 19.4. The molecule has 3 heterocycles. The number of hydrogen-bond acceptors (Lipinski definition) is 5. The maximum Gasteiger partial charge on any atom is 0.416 e. The lowest BCUT2D eigenvalue weighted by molar-refractivity contribution is -0.137. The number of hydrogen-bond donors (Lipinski definition) is 0. The van der Waals surface area contributed by atoms with Crippen molar-refractivity contribution >= 4 is 16.6 Å². The summed E-state index contributed by atoms with van der Waals surface area (Å²) in [6.45, 7) is 5.74. The monoisotopic (exact) mass is 411 g/mol. The van der Waals surface area contributed by atoms with Gasteiger partial charge in [-0.2, -0.15) is 13.2 Å². The molecule has 9 heteroatoms. The van der Waals surface area contributed by atoms with Crippen LogP contribution >= 0.6 is 0 Å². The van der Waals surface area contributed by atoms with Crippen LogP contribution in [0, 0.1) is 0 Å². The van der Waals surface area contributed by atoms with Gasteiger partial charge in [-0.1, -0.05) is 12.6 Å². The van der Waals surface area contributed by atoms with E-state index in [2.05, 4.69) is 26.7 Å². The maximum absolute atomic E-state index is 13.2. The van der Waals surface area contributed by atoms with Crippen molar-refractivity contribution in [3.63, 3.8) is 0 Å². The van der Waals surface area contributed by atoms with Crippen LogP contribution in [0.3, 0.4) is 0 Å². The number of aromatic nitrogens is 5. The predicted molar refractivity (Wildman–Crippen MR) is 106 cm³/mol. The van der Waals surface area contributed by atoms with Crippen molar-refractivity contribution in [3.05, 3.63) is 66.4 Å². The van der Waals surface area contributed by atoms with E-state index in [1.165, 1.54) is 13.2 Å². The van der Waals surface area contributed by atoms with Gasteiger partial charge in [0.25, 0.3) is 0 Å².